The van der Waals surface area contributed by atoms with Crippen molar-refractivity contribution in [1.29, 1.82) is 0 Å². The molecule has 0 aliphatic carbocycles. The van der Waals surface area contributed by atoms with Gasteiger partial charge < -0.3 is 19.9 Å². The molecular formula is C12H23N3O3. The molecule has 1 saturated heterocycles. The van der Waals surface area contributed by atoms with Gasteiger partial charge in [-0.15, -0.1) is 0 Å². The minimum atomic E-state index is -0.508. The lowest BCUT2D eigenvalue weighted by atomic mass is 10.2. The van der Waals surface area contributed by atoms with Gasteiger partial charge in [0.2, 0.25) is 5.91 Å². The summed E-state index contributed by atoms with van der Waals surface area (Å²) in [6, 6.07) is -0.621. The fourth-order valence-electron chi connectivity index (χ4n) is 1.77. The highest BCUT2D eigenvalue weighted by molar-refractivity contribution is 5.87. The first-order valence-corrected chi connectivity index (χ1v) is 6.49. The van der Waals surface area contributed by atoms with Gasteiger partial charge in [-0.1, -0.05) is 6.92 Å². The van der Waals surface area contributed by atoms with Gasteiger partial charge in [-0.25, -0.2) is 4.79 Å². The van der Waals surface area contributed by atoms with E-state index in [1.807, 2.05) is 13.8 Å². The second-order valence-corrected chi connectivity index (χ2v) is 4.37. The number of ether oxygens (including phenoxy) is 1. The summed E-state index contributed by atoms with van der Waals surface area (Å²) in [6.45, 7) is 6.38. The molecule has 0 spiro atoms. The average molecular weight is 257 g/mol. The molecule has 0 bridgehead atoms. The highest BCUT2D eigenvalue weighted by atomic mass is 16.5. The maximum atomic E-state index is 12.1. The fourth-order valence-corrected chi connectivity index (χ4v) is 1.77. The van der Waals surface area contributed by atoms with E-state index in [1.165, 1.54) is 0 Å². The Bertz CT molecular complexity index is 296. The van der Waals surface area contributed by atoms with E-state index in [0.29, 0.717) is 26.2 Å². The number of amides is 3. The lowest BCUT2D eigenvalue weighted by molar-refractivity contribution is -0.130. The summed E-state index contributed by atoms with van der Waals surface area (Å²) in [5.41, 5.74) is 0. The molecule has 0 aromatic carbocycles. The number of rotatable bonds is 4. The van der Waals surface area contributed by atoms with E-state index in [-0.39, 0.29) is 18.5 Å². The van der Waals surface area contributed by atoms with E-state index in [4.69, 9.17) is 4.74 Å². The van der Waals surface area contributed by atoms with Crippen LogP contribution >= 0.6 is 0 Å². The number of carbonyl (C=O) groups excluding carboxylic acids is 2. The normalized spacial score (nSPS) is 19.5. The molecule has 3 amide bonds. The van der Waals surface area contributed by atoms with Crippen LogP contribution < -0.4 is 5.32 Å². The van der Waals surface area contributed by atoms with Crippen molar-refractivity contribution in [3.05, 3.63) is 0 Å². The van der Waals surface area contributed by atoms with Crippen molar-refractivity contribution < 1.29 is 14.3 Å². The molecule has 0 radical (unpaired) electrons. The van der Waals surface area contributed by atoms with Crippen LogP contribution in [0, 0.1) is 0 Å². The Kier molecular flexibility index (Phi) is 5.91. The molecule has 1 unspecified atom stereocenters. The number of hydrogen-bond acceptors (Lipinski definition) is 3. The van der Waals surface area contributed by atoms with Crippen LogP contribution in [0.4, 0.5) is 4.79 Å². The topological polar surface area (TPSA) is 61.9 Å². The Morgan fingerprint density at radius 3 is 2.78 bits per heavy atom. The number of carbonyl (C=O) groups is 2. The van der Waals surface area contributed by atoms with Crippen LogP contribution in [0.2, 0.25) is 0 Å². The molecule has 18 heavy (non-hydrogen) atoms. The molecule has 6 nitrogen and oxygen atoms in total. The Balaban J connectivity index is 2.67. The van der Waals surface area contributed by atoms with E-state index in [0.717, 1.165) is 6.42 Å². The first-order chi connectivity index (χ1) is 8.61. The van der Waals surface area contributed by atoms with E-state index in [2.05, 4.69) is 5.32 Å². The maximum absolute atomic E-state index is 12.1. The summed E-state index contributed by atoms with van der Waals surface area (Å²) in [5, 5.41) is 2.81. The zero-order chi connectivity index (χ0) is 13.5. The minimum absolute atomic E-state index is 0.113. The lowest BCUT2D eigenvalue weighted by Gasteiger charge is -2.36. The van der Waals surface area contributed by atoms with Gasteiger partial charge in [0.15, 0.2) is 0 Å². The number of nitrogens with zero attached hydrogens (tertiary/aromatic N) is 2. The van der Waals surface area contributed by atoms with Crippen LogP contribution in [0.15, 0.2) is 0 Å². The van der Waals surface area contributed by atoms with Crippen molar-refractivity contribution in [3.63, 3.8) is 0 Å². The van der Waals surface area contributed by atoms with E-state index < -0.39 is 6.04 Å². The molecule has 1 atom stereocenters. The van der Waals surface area contributed by atoms with Crippen LogP contribution in [0.5, 0.6) is 0 Å². The molecule has 0 saturated carbocycles. The summed E-state index contributed by atoms with van der Waals surface area (Å²) < 4.78 is 5.30. The molecule has 0 aromatic rings. The number of hydrogen-bond donors (Lipinski definition) is 1. The minimum Gasteiger partial charge on any atom is -0.377 e. The molecule has 1 rings (SSSR count). The molecule has 1 aliphatic rings. The van der Waals surface area contributed by atoms with Crippen molar-refractivity contribution in [2.75, 3.05) is 39.9 Å². The van der Waals surface area contributed by atoms with Gasteiger partial charge in [0, 0.05) is 26.7 Å². The predicted octanol–water partition coefficient (Wildman–Crippen LogP) is 0.285. The monoisotopic (exact) mass is 257 g/mol. The Hall–Kier alpha value is -1.30. The molecular weight excluding hydrogens is 234 g/mol. The molecule has 1 N–H and O–H groups in total. The summed E-state index contributed by atoms with van der Waals surface area (Å²) in [6.07, 6.45) is 0.877. The summed E-state index contributed by atoms with van der Waals surface area (Å²) in [5.74, 6) is -0.130. The average Bonchev–Trinajstić information content (AvgIpc) is 2.43. The van der Waals surface area contributed by atoms with Gasteiger partial charge in [-0.05, 0) is 13.3 Å². The highest BCUT2D eigenvalue weighted by Gasteiger charge is 2.33. The van der Waals surface area contributed by atoms with Gasteiger partial charge >= 0.3 is 6.03 Å². The second kappa shape index (κ2) is 7.20. The van der Waals surface area contributed by atoms with Crippen LogP contribution in [0.1, 0.15) is 20.3 Å². The van der Waals surface area contributed by atoms with Crippen molar-refractivity contribution in [2.45, 2.75) is 26.3 Å². The van der Waals surface area contributed by atoms with Gasteiger partial charge in [0.1, 0.15) is 6.04 Å². The van der Waals surface area contributed by atoms with E-state index >= 15 is 0 Å². The first kappa shape index (κ1) is 14.8. The molecule has 1 fully saturated rings. The van der Waals surface area contributed by atoms with Crippen molar-refractivity contribution >= 4 is 11.9 Å². The second-order valence-electron chi connectivity index (χ2n) is 4.37. The van der Waals surface area contributed by atoms with Crippen LogP contribution in [-0.4, -0.2) is 67.7 Å². The summed E-state index contributed by atoms with van der Waals surface area (Å²) in [4.78, 5) is 27.3. The molecule has 1 heterocycles. The van der Waals surface area contributed by atoms with Crippen LogP contribution in [-0.2, 0) is 9.53 Å². The molecule has 6 heteroatoms. The first-order valence-electron chi connectivity index (χ1n) is 6.49. The third-order valence-electron chi connectivity index (χ3n) is 3.03. The SMILES string of the molecule is CCCNC(=O)C1COCCN1C(=O)N(C)CC. The van der Waals surface area contributed by atoms with E-state index in [1.54, 1.807) is 16.8 Å². The zero-order valence-corrected chi connectivity index (χ0v) is 11.4. The maximum Gasteiger partial charge on any atom is 0.320 e. The Labute approximate surface area is 108 Å². The highest BCUT2D eigenvalue weighted by Crippen LogP contribution is 2.10. The largest absolute Gasteiger partial charge is 0.377 e. The quantitative estimate of drug-likeness (QED) is 0.787. The van der Waals surface area contributed by atoms with Crippen LogP contribution in [0.25, 0.3) is 0 Å². The number of nitrogens with one attached hydrogen (secondary N) is 1. The molecule has 0 aromatic heterocycles. The van der Waals surface area contributed by atoms with Gasteiger partial charge in [0.25, 0.3) is 0 Å². The summed E-state index contributed by atoms with van der Waals surface area (Å²) >= 11 is 0. The predicted molar refractivity (Wildman–Crippen MR) is 68.3 cm³/mol. The summed E-state index contributed by atoms with van der Waals surface area (Å²) in [7, 11) is 1.73. The van der Waals surface area contributed by atoms with Crippen molar-refractivity contribution in [1.82, 2.24) is 15.1 Å². The number of morpholine rings is 1. The van der Waals surface area contributed by atoms with Crippen LogP contribution in [0.3, 0.4) is 0 Å². The Morgan fingerprint density at radius 2 is 2.17 bits per heavy atom. The van der Waals surface area contributed by atoms with Gasteiger partial charge in [0.05, 0.1) is 13.2 Å². The zero-order valence-electron chi connectivity index (χ0n) is 11.4. The van der Waals surface area contributed by atoms with Crippen molar-refractivity contribution in [2.24, 2.45) is 0 Å². The van der Waals surface area contributed by atoms with Gasteiger partial charge in [-0.3, -0.25) is 4.79 Å². The van der Waals surface area contributed by atoms with Crippen molar-refractivity contribution in [3.8, 4) is 0 Å². The molecule has 1 aliphatic heterocycles. The third-order valence-corrected chi connectivity index (χ3v) is 3.03. The fraction of sp³-hybridized carbons (Fsp3) is 0.833. The Morgan fingerprint density at radius 1 is 1.44 bits per heavy atom. The van der Waals surface area contributed by atoms with E-state index in [9.17, 15) is 9.59 Å². The molecule has 104 valence electrons. The smallest absolute Gasteiger partial charge is 0.320 e. The van der Waals surface area contributed by atoms with Gasteiger partial charge in [-0.2, -0.15) is 0 Å². The lowest BCUT2D eigenvalue weighted by Crippen LogP contribution is -2.58. The number of urea groups is 1. The standard InChI is InChI=1S/C12H23N3O3/c1-4-6-13-11(16)10-9-18-8-7-15(10)12(17)14(3)5-2/h10H,4-9H2,1-3H3,(H,13,16). The third kappa shape index (κ3) is 3.60.